The lowest BCUT2D eigenvalue weighted by atomic mass is 10.3. The molecule has 0 bridgehead atoms. The molecule has 1 N–H and O–H groups in total. The first-order valence-corrected chi connectivity index (χ1v) is 5.75. The molecule has 0 aliphatic carbocycles. The lowest BCUT2D eigenvalue weighted by Crippen LogP contribution is -2.42. The van der Waals surface area contributed by atoms with Gasteiger partial charge in [0.25, 0.3) is 0 Å². The van der Waals surface area contributed by atoms with Gasteiger partial charge in [-0.25, -0.2) is 0 Å². The molecule has 6 nitrogen and oxygen atoms in total. The Labute approximate surface area is 99.6 Å². The number of nitrogens with zero attached hydrogens (tertiary/aromatic N) is 3. The third-order valence-electron chi connectivity index (χ3n) is 2.83. The Hall–Kier alpha value is -1.85. The van der Waals surface area contributed by atoms with Crippen molar-refractivity contribution in [3.05, 3.63) is 12.4 Å². The zero-order chi connectivity index (χ0) is 12.4. The lowest BCUT2D eigenvalue weighted by molar-refractivity contribution is -0.125. The molecule has 1 fully saturated rings. The van der Waals surface area contributed by atoms with E-state index in [1.165, 1.54) is 0 Å². The molecule has 1 aromatic heterocycles. The minimum atomic E-state index is -0.477. The van der Waals surface area contributed by atoms with Gasteiger partial charge in [0, 0.05) is 25.7 Å². The number of aryl methyl sites for hydroxylation is 1. The smallest absolute Gasteiger partial charge is 0.249 e. The van der Waals surface area contributed by atoms with Gasteiger partial charge in [-0.1, -0.05) is 0 Å². The Kier molecular flexibility index (Phi) is 3.12. The molecule has 1 atom stereocenters. The van der Waals surface area contributed by atoms with E-state index in [-0.39, 0.29) is 11.8 Å². The maximum absolute atomic E-state index is 12.1. The van der Waals surface area contributed by atoms with Crippen LogP contribution in [0.15, 0.2) is 12.4 Å². The number of rotatable bonds is 2. The normalized spacial score (nSPS) is 21.3. The summed E-state index contributed by atoms with van der Waals surface area (Å²) in [6, 6.07) is -0.477. The van der Waals surface area contributed by atoms with Crippen LogP contribution in [0.1, 0.15) is 20.3 Å². The Morgan fingerprint density at radius 3 is 2.94 bits per heavy atom. The van der Waals surface area contributed by atoms with Crippen molar-refractivity contribution in [2.24, 2.45) is 0 Å². The van der Waals surface area contributed by atoms with E-state index in [1.54, 1.807) is 22.7 Å². The van der Waals surface area contributed by atoms with Crippen LogP contribution < -0.4 is 10.2 Å². The molecule has 2 amide bonds. The Morgan fingerprint density at radius 1 is 1.53 bits per heavy atom. The third kappa shape index (κ3) is 2.30. The summed E-state index contributed by atoms with van der Waals surface area (Å²) < 4.78 is 1.76. The molecule has 0 spiro atoms. The van der Waals surface area contributed by atoms with E-state index >= 15 is 0 Å². The molecule has 2 rings (SSSR count). The molecule has 0 aromatic carbocycles. The monoisotopic (exact) mass is 236 g/mol. The van der Waals surface area contributed by atoms with Gasteiger partial charge < -0.3 is 10.2 Å². The summed E-state index contributed by atoms with van der Waals surface area (Å²) in [6.45, 7) is 4.84. The summed E-state index contributed by atoms with van der Waals surface area (Å²) in [7, 11) is 0. The maximum Gasteiger partial charge on any atom is 0.249 e. The van der Waals surface area contributed by atoms with Gasteiger partial charge in [-0.05, 0) is 13.8 Å². The highest BCUT2D eigenvalue weighted by atomic mass is 16.2. The van der Waals surface area contributed by atoms with E-state index in [1.807, 2.05) is 13.1 Å². The zero-order valence-corrected chi connectivity index (χ0v) is 10.0. The highest BCUT2D eigenvalue weighted by Gasteiger charge is 2.28. The summed E-state index contributed by atoms with van der Waals surface area (Å²) >= 11 is 0. The number of hydrogen-bond acceptors (Lipinski definition) is 3. The highest BCUT2D eigenvalue weighted by molar-refractivity contribution is 6.00. The van der Waals surface area contributed by atoms with Crippen LogP contribution in [0.2, 0.25) is 0 Å². The predicted molar refractivity (Wildman–Crippen MR) is 62.5 cm³/mol. The Morgan fingerprint density at radius 2 is 2.29 bits per heavy atom. The van der Waals surface area contributed by atoms with Crippen molar-refractivity contribution < 1.29 is 9.59 Å². The minimum Gasteiger partial charge on any atom is -0.345 e. The molecule has 1 aromatic rings. The fourth-order valence-corrected chi connectivity index (χ4v) is 1.85. The van der Waals surface area contributed by atoms with Crippen LogP contribution in [-0.4, -0.2) is 34.2 Å². The summed E-state index contributed by atoms with van der Waals surface area (Å²) in [5, 5.41) is 6.79. The molecule has 1 saturated heterocycles. The van der Waals surface area contributed by atoms with Crippen LogP contribution in [0.4, 0.5) is 5.69 Å². The minimum absolute atomic E-state index is 0.0868. The third-order valence-corrected chi connectivity index (χ3v) is 2.83. The van der Waals surface area contributed by atoms with Crippen LogP contribution >= 0.6 is 0 Å². The summed E-state index contributed by atoms with van der Waals surface area (Å²) in [5.41, 5.74) is 0.750. The number of aromatic nitrogens is 2. The van der Waals surface area contributed by atoms with E-state index in [4.69, 9.17) is 0 Å². The number of carbonyl (C=O) groups excluding carboxylic acids is 2. The van der Waals surface area contributed by atoms with Crippen LogP contribution in [0.3, 0.4) is 0 Å². The van der Waals surface area contributed by atoms with Gasteiger partial charge in [0.05, 0.1) is 11.9 Å². The van der Waals surface area contributed by atoms with Gasteiger partial charge in [-0.2, -0.15) is 5.10 Å². The van der Waals surface area contributed by atoms with Crippen molar-refractivity contribution in [1.29, 1.82) is 0 Å². The number of anilines is 1. The average Bonchev–Trinajstić information content (AvgIpc) is 2.72. The SMILES string of the molecule is CCn1cc(N2CCC(=O)NC(C)C2=O)cn1. The highest BCUT2D eigenvalue weighted by Crippen LogP contribution is 2.16. The Balaban J connectivity index is 2.23. The largest absolute Gasteiger partial charge is 0.345 e. The number of carbonyl (C=O) groups is 2. The number of amides is 2. The topological polar surface area (TPSA) is 67.2 Å². The summed E-state index contributed by atoms with van der Waals surface area (Å²) in [4.78, 5) is 25.0. The second kappa shape index (κ2) is 4.57. The summed E-state index contributed by atoms with van der Waals surface area (Å²) in [6.07, 6.45) is 3.80. The summed E-state index contributed by atoms with van der Waals surface area (Å²) in [5.74, 6) is -0.178. The molecular formula is C11H16N4O2. The van der Waals surface area contributed by atoms with Crippen LogP contribution in [0.5, 0.6) is 0 Å². The van der Waals surface area contributed by atoms with Crippen LogP contribution in [-0.2, 0) is 16.1 Å². The van der Waals surface area contributed by atoms with E-state index in [9.17, 15) is 9.59 Å². The molecule has 6 heteroatoms. The van der Waals surface area contributed by atoms with Crippen molar-refractivity contribution in [3.63, 3.8) is 0 Å². The maximum atomic E-state index is 12.1. The van der Waals surface area contributed by atoms with Crippen molar-refractivity contribution in [2.75, 3.05) is 11.4 Å². The van der Waals surface area contributed by atoms with Gasteiger partial charge in [0.1, 0.15) is 6.04 Å². The molecule has 1 unspecified atom stereocenters. The molecule has 0 radical (unpaired) electrons. The first-order chi connectivity index (χ1) is 8.11. The fraction of sp³-hybridized carbons (Fsp3) is 0.545. The molecule has 17 heavy (non-hydrogen) atoms. The fourth-order valence-electron chi connectivity index (χ4n) is 1.85. The molecule has 2 heterocycles. The average molecular weight is 236 g/mol. The van der Waals surface area contributed by atoms with Crippen LogP contribution in [0, 0.1) is 0 Å². The molecular weight excluding hydrogens is 220 g/mol. The number of hydrogen-bond donors (Lipinski definition) is 1. The second-order valence-electron chi connectivity index (χ2n) is 4.08. The van der Waals surface area contributed by atoms with Crippen molar-refractivity contribution in [1.82, 2.24) is 15.1 Å². The van der Waals surface area contributed by atoms with Gasteiger partial charge >= 0.3 is 0 Å². The molecule has 1 aliphatic rings. The second-order valence-corrected chi connectivity index (χ2v) is 4.08. The number of nitrogens with one attached hydrogen (secondary N) is 1. The standard InChI is InChI=1S/C11H16N4O2/c1-3-14-7-9(6-12-14)15-5-4-10(16)13-8(2)11(15)17/h6-8H,3-5H2,1-2H3,(H,13,16). The lowest BCUT2D eigenvalue weighted by Gasteiger charge is -2.20. The predicted octanol–water partition coefficient (Wildman–Crippen LogP) is 0.144. The van der Waals surface area contributed by atoms with Gasteiger partial charge in [0.15, 0.2) is 0 Å². The van der Waals surface area contributed by atoms with E-state index < -0.39 is 6.04 Å². The van der Waals surface area contributed by atoms with Gasteiger partial charge in [0.2, 0.25) is 11.8 Å². The van der Waals surface area contributed by atoms with E-state index in [0.717, 1.165) is 12.2 Å². The molecule has 92 valence electrons. The molecule has 0 saturated carbocycles. The first-order valence-electron chi connectivity index (χ1n) is 5.75. The van der Waals surface area contributed by atoms with Gasteiger partial charge in [-0.3, -0.25) is 14.3 Å². The molecule has 1 aliphatic heterocycles. The zero-order valence-electron chi connectivity index (χ0n) is 10.0. The van der Waals surface area contributed by atoms with Crippen molar-refractivity contribution in [3.8, 4) is 0 Å². The van der Waals surface area contributed by atoms with Crippen LogP contribution in [0.25, 0.3) is 0 Å². The Bertz CT molecular complexity index is 440. The quantitative estimate of drug-likeness (QED) is 0.794. The first kappa shape index (κ1) is 11.6. The van der Waals surface area contributed by atoms with E-state index in [2.05, 4.69) is 10.4 Å². The van der Waals surface area contributed by atoms with Gasteiger partial charge in [-0.15, -0.1) is 0 Å². The van der Waals surface area contributed by atoms with Crippen molar-refractivity contribution in [2.45, 2.75) is 32.9 Å². The van der Waals surface area contributed by atoms with Crippen molar-refractivity contribution >= 4 is 17.5 Å². The van der Waals surface area contributed by atoms with E-state index in [0.29, 0.717) is 13.0 Å².